The average molecular weight is 204 g/mol. The zero-order chi connectivity index (χ0) is 11.0. The van der Waals surface area contributed by atoms with Gasteiger partial charge in [0, 0.05) is 0 Å². The Kier molecular flexibility index (Phi) is 3.04. The number of allylic oxidation sites excluding steroid dienone is 3. The highest BCUT2D eigenvalue weighted by Gasteiger charge is 2.37. The van der Waals surface area contributed by atoms with E-state index >= 15 is 0 Å². The van der Waals surface area contributed by atoms with Gasteiger partial charge < -0.3 is 0 Å². The molecule has 2 aliphatic carbocycles. The molecule has 4 atom stereocenters. The van der Waals surface area contributed by atoms with Crippen LogP contribution in [0.2, 0.25) is 0 Å². The standard InChI is InChI=1S/C15H24/c1-10(2)13-8-6-12(4)14-7-5-11(3)9-15(13)14/h9,12-15H,1,5-8H2,2-4H3/t12-,13+,14?,15+/m0/s1. The fourth-order valence-electron chi connectivity index (χ4n) is 3.62. The SMILES string of the molecule is C=C(C)[C@H]1CC[C@H](C)C2CCC(C)=C[C@@H]21. The Morgan fingerprint density at radius 2 is 2.07 bits per heavy atom. The van der Waals surface area contributed by atoms with E-state index in [-0.39, 0.29) is 0 Å². The molecule has 0 nitrogen and oxygen atoms in total. The van der Waals surface area contributed by atoms with Crippen LogP contribution in [0, 0.1) is 23.7 Å². The smallest absolute Gasteiger partial charge is 0.0134 e. The van der Waals surface area contributed by atoms with E-state index in [2.05, 4.69) is 33.4 Å². The third-order valence-corrected chi connectivity index (χ3v) is 4.60. The van der Waals surface area contributed by atoms with Gasteiger partial charge in [0.2, 0.25) is 0 Å². The monoisotopic (exact) mass is 204 g/mol. The van der Waals surface area contributed by atoms with Crippen molar-refractivity contribution in [3.05, 3.63) is 23.8 Å². The van der Waals surface area contributed by atoms with Crippen LogP contribution in [-0.2, 0) is 0 Å². The second-order valence-corrected chi connectivity index (χ2v) is 5.80. The minimum Gasteiger partial charge on any atom is -0.0998 e. The maximum atomic E-state index is 4.19. The summed E-state index contributed by atoms with van der Waals surface area (Å²) < 4.78 is 0. The molecule has 1 fully saturated rings. The molecule has 0 N–H and O–H groups in total. The highest BCUT2D eigenvalue weighted by atomic mass is 14.4. The van der Waals surface area contributed by atoms with Crippen LogP contribution in [0.5, 0.6) is 0 Å². The predicted molar refractivity (Wildman–Crippen MR) is 66.7 cm³/mol. The third-order valence-electron chi connectivity index (χ3n) is 4.60. The number of hydrogen-bond donors (Lipinski definition) is 0. The van der Waals surface area contributed by atoms with Gasteiger partial charge in [-0.2, -0.15) is 0 Å². The molecule has 0 spiro atoms. The number of rotatable bonds is 1. The summed E-state index contributed by atoms with van der Waals surface area (Å²) in [4.78, 5) is 0. The van der Waals surface area contributed by atoms with Crippen molar-refractivity contribution in [2.45, 2.75) is 46.5 Å². The van der Waals surface area contributed by atoms with E-state index in [1.165, 1.54) is 31.3 Å². The fourth-order valence-corrected chi connectivity index (χ4v) is 3.62. The molecule has 0 heteroatoms. The molecular formula is C15H24. The average Bonchev–Trinajstić information content (AvgIpc) is 2.17. The first-order valence-corrected chi connectivity index (χ1v) is 6.42. The minimum atomic E-state index is 0.765. The first-order valence-electron chi connectivity index (χ1n) is 6.42. The normalized spacial score (nSPS) is 40.6. The van der Waals surface area contributed by atoms with Crippen LogP contribution in [-0.4, -0.2) is 0 Å². The van der Waals surface area contributed by atoms with Gasteiger partial charge in [-0.05, 0) is 63.2 Å². The van der Waals surface area contributed by atoms with Gasteiger partial charge in [0.15, 0.2) is 0 Å². The van der Waals surface area contributed by atoms with Gasteiger partial charge in [-0.1, -0.05) is 30.7 Å². The van der Waals surface area contributed by atoms with Crippen molar-refractivity contribution < 1.29 is 0 Å². The zero-order valence-corrected chi connectivity index (χ0v) is 10.4. The fraction of sp³-hybridized carbons (Fsp3) is 0.733. The quantitative estimate of drug-likeness (QED) is 0.548. The molecule has 1 unspecified atom stereocenters. The van der Waals surface area contributed by atoms with Crippen molar-refractivity contribution in [3.8, 4) is 0 Å². The van der Waals surface area contributed by atoms with Crippen LogP contribution in [0.4, 0.5) is 0 Å². The second-order valence-electron chi connectivity index (χ2n) is 5.80. The summed E-state index contributed by atoms with van der Waals surface area (Å²) in [5, 5.41) is 0. The zero-order valence-electron chi connectivity index (χ0n) is 10.4. The van der Waals surface area contributed by atoms with E-state index in [1.54, 1.807) is 5.57 Å². The van der Waals surface area contributed by atoms with Gasteiger partial charge in [0.1, 0.15) is 0 Å². The van der Waals surface area contributed by atoms with Crippen LogP contribution in [0.15, 0.2) is 23.8 Å². The van der Waals surface area contributed by atoms with Crippen LogP contribution in [0.1, 0.15) is 46.5 Å². The minimum absolute atomic E-state index is 0.765. The Balaban J connectivity index is 2.24. The lowest BCUT2D eigenvalue weighted by atomic mass is 9.61. The molecule has 15 heavy (non-hydrogen) atoms. The highest BCUT2D eigenvalue weighted by molar-refractivity contribution is 5.15. The van der Waals surface area contributed by atoms with E-state index in [4.69, 9.17) is 0 Å². The van der Waals surface area contributed by atoms with Gasteiger partial charge in [-0.15, -0.1) is 0 Å². The van der Waals surface area contributed by atoms with Crippen LogP contribution >= 0.6 is 0 Å². The lowest BCUT2D eigenvalue weighted by Gasteiger charge is -2.44. The predicted octanol–water partition coefficient (Wildman–Crippen LogP) is 4.58. The van der Waals surface area contributed by atoms with E-state index in [0.717, 1.165) is 23.7 Å². The summed E-state index contributed by atoms with van der Waals surface area (Å²) in [6.45, 7) is 11.2. The van der Waals surface area contributed by atoms with Crippen molar-refractivity contribution in [2.75, 3.05) is 0 Å². The first kappa shape index (κ1) is 11.0. The van der Waals surface area contributed by atoms with Crippen LogP contribution in [0.25, 0.3) is 0 Å². The molecule has 0 saturated heterocycles. The lowest BCUT2D eigenvalue weighted by Crippen LogP contribution is -2.34. The van der Waals surface area contributed by atoms with E-state index in [0.29, 0.717) is 0 Å². The summed E-state index contributed by atoms with van der Waals surface area (Å²) in [7, 11) is 0. The van der Waals surface area contributed by atoms with Gasteiger partial charge in [-0.3, -0.25) is 0 Å². The topological polar surface area (TPSA) is 0 Å². The van der Waals surface area contributed by atoms with Crippen molar-refractivity contribution >= 4 is 0 Å². The van der Waals surface area contributed by atoms with Gasteiger partial charge in [0.25, 0.3) is 0 Å². The highest BCUT2D eigenvalue weighted by Crippen LogP contribution is 2.47. The van der Waals surface area contributed by atoms with Crippen LogP contribution < -0.4 is 0 Å². The van der Waals surface area contributed by atoms with Crippen molar-refractivity contribution in [1.82, 2.24) is 0 Å². The van der Waals surface area contributed by atoms with Gasteiger partial charge in [0.05, 0.1) is 0 Å². The lowest BCUT2D eigenvalue weighted by molar-refractivity contribution is 0.135. The molecule has 2 aliphatic rings. The summed E-state index contributed by atoms with van der Waals surface area (Å²) in [6.07, 6.45) is 8.07. The van der Waals surface area contributed by atoms with E-state index in [1.807, 2.05) is 0 Å². The molecule has 0 radical (unpaired) electrons. The van der Waals surface area contributed by atoms with E-state index in [9.17, 15) is 0 Å². The molecule has 84 valence electrons. The Morgan fingerprint density at radius 3 is 2.73 bits per heavy atom. The van der Waals surface area contributed by atoms with Gasteiger partial charge in [-0.25, -0.2) is 0 Å². The molecule has 0 bridgehead atoms. The molecule has 0 heterocycles. The summed E-state index contributed by atoms with van der Waals surface area (Å²) in [5.41, 5.74) is 3.01. The Hall–Kier alpha value is -0.520. The molecule has 0 aromatic carbocycles. The third kappa shape index (κ3) is 2.04. The molecule has 2 rings (SSSR count). The Morgan fingerprint density at radius 1 is 1.33 bits per heavy atom. The second kappa shape index (κ2) is 4.15. The Bertz CT molecular complexity index is 284. The van der Waals surface area contributed by atoms with Crippen LogP contribution in [0.3, 0.4) is 0 Å². The molecule has 0 amide bonds. The number of fused-ring (bicyclic) bond motifs is 1. The van der Waals surface area contributed by atoms with Crippen molar-refractivity contribution in [2.24, 2.45) is 23.7 Å². The summed E-state index contributed by atoms with van der Waals surface area (Å²) in [6, 6.07) is 0. The molecule has 1 saturated carbocycles. The maximum absolute atomic E-state index is 4.19. The van der Waals surface area contributed by atoms with E-state index < -0.39 is 0 Å². The molecule has 0 aromatic rings. The maximum Gasteiger partial charge on any atom is -0.0134 e. The molecular weight excluding hydrogens is 180 g/mol. The van der Waals surface area contributed by atoms with Crippen molar-refractivity contribution in [1.29, 1.82) is 0 Å². The Labute approximate surface area is 94.5 Å². The summed E-state index contributed by atoms with van der Waals surface area (Å²) in [5.74, 6) is 3.43. The van der Waals surface area contributed by atoms with Crippen molar-refractivity contribution in [3.63, 3.8) is 0 Å². The molecule has 0 aromatic heterocycles. The number of hydrogen-bond acceptors (Lipinski definition) is 0. The van der Waals surface area contributed by atoms with Gasteiger partial charge >= 0.3 is 0 Å². The largest absolute Gasteiger partial charge is 0.0998 e. The first-order chi connectivity index (χ1) is 7.09. The molecule has 0 aliphatic heterocycles. The summed E-state index contributed by atoms with van der Waals surface area (Å²) >= 11 is 0.